The minimum Gasteiger partial charge on any atom is -0.272 e. The molecule has 0 aromatic heterocycles. The maximum atomic E-state index is 13.4. The van der Waals surface area contributed by atoms with Gasteiger partial charge in [-0.25, -0.2) is 9.82 Å². The number of nitriles is 1. The summed E-state index contributed by atoms with van der Waals surface area (Å²) in [6, 6.07) is 15.1. The van der Waals surface area contributed by atoms with Gasteiger partial charge in [-0.05, 0) is 29.8 Å². The Balaban J connectivity index is 1.81. The van der Waals surface area contributed by atoms with E-state index in [9.17, 15) is 9.18 Å². The van der Waals surface area contributed by atoms with Gasteiger partial charge in [0.2, 0.25) is 5.91 Å². The first-order valence-electron chi connectivity index (χ1n) is 6.38. The van der Waals surface area contributed by atoms with Gasteiger partial charge in [0.1, 0.15) is 5.82 Å². The van der Waals surface area contributed by atoms with Crippen molar-refractivity contribution in [2.75, 3.05) is 5.75 Å². The van der Waals surface area contributed by atoms with E-state index in [1.165, 1.54) is 12.3 Å². The zero-order valence-corrected chi connectivity index (χ0v) is 12.3. The van der Waals surface area contributed by atoms with E-state index in [1.54, 1.807) is 42.5 Å². The largest absolute Gasteiger partial charge is 0.272 e. The monoisotopic (exact) mass is 313 g/mol. The van der Waals surface area contributed by atoms with Crippen molar-refractivity contribution >= 4 is 23.9 Å². The molecule has 110 valence electrons. The Hall–Kier alpha value is -2.65. The van der Waals surface area contributed by atoms with Gasteiger partial charge >= 0.3 is 0 Å². The van der Waals surface area contributed by atoms with Crippen LogP contribution < -0.4 is 5.43 Å². The smallest absolute Gasteiger partial charge is 0.250 e. The number of carbonyl (C=O) groups is 1. The van der Waals surface area contributed by atoms with Gasteiger partial charge in [-0.3, -0.25) is 4.79 Å². The normalized spacial score (nSPS) is 10.4. The molecule has 6 heteroatoms. The quantitative estimate of drug-likeness (QED) is 0.524. The molecule has 0 spiro atoms. The number of nitrogens with one attached hydrogen (secondary N) is 1. The van der Waals surface area contributed by atoms with E-state index in [0.717, 1.165) is 17.3 Å². The fourth-order valence-electron chi connectivity index (χ4n) is 1.56. The minimum atomic E-state index is -0.346. The third-order valence-corrected chi connectivity index (χ3v) is 3.69. The van der Waals surface area contributed by atoms with Crippen LogP contribution in [0.25, 0.3) is 0 Å². The summed E-state index contributed by atoms with van der Waals surface area (Å²) in [5.74, 6) is -0.592. The lowest BCUT2D eigenvalue weighted by molar-refractivity contribution is -0.118. The lowest BCUT2D eigenvalue weighted by Crippen LogP contribution is -2.19. The minimum absolute atomic E-state index is 0.0750. The number of carbonyl (C=O) groups excluding carboxylic acids is 1. The van der Waals surface area contributed by atoms with Crippen molar-refractivity contribution in [1.82, 2.24) is 5.43 Å². The molecule has 4 nitrogen and oxygen atoms in total. The van der Waals surface area contributed by atoms with Gasteiger partial charge in [0.25, 0.3) is 0 Å². The lowest BCUT2D eigenvalue weighted by atomic mass is 10.2. The van der Waals surface area contributed by atoms with E-state index in [1.807, 2.05) is 6.07 Å². The molecule has 0 aliphatic heterocycles. The molecule has 0 aliphatic rings. The van der Waals surface area contributed by atoms with E-state index in [0.29, 0.717) is 10.5 Å². The van der Waals surface area contributed by atoms with Crippen molar-refractivity contribution in [2.24, 2.45) is 5.10 Å². The summed E-state index contributed by atoms with van der Waals surface area (Å²) in [7, 11) is 0. The van der Waals surface area contributed by atoms with E-state index < -0.39 is 0 Å². The molecule has 1 amide bonds. The molecule has 0 atom stereocenters. The van der Waals surface area contributed by atoms with Gasteiger partial charge in [-0.15, -0.1) is 11.8 Å². The highest BCUT2D eigenvalue weighted by atomic mass is 32.2. The molecule has 2 aromatic rings. The fraction of sp³-hybridized carbons (Fsp3) is 0.0625. The first-order valence-corrected chi connectivity index (χ1v) is 7.37. The number of hydrogen-bond acceptors (Lipinski definition) is 4. The third kappa shape index (κ3) is 4.72. The number of thioether (sulfide) groups is 1. The maximum absolute atomic E-state index is 13.4. The van der Waals surface area contributed by atoms with Gasteiger partial charge in [-0.1, -0.05) is 24.3 Å². The number of nitrogens with zero attached hydrogens (tertiary/aromatic N) is 2. The molecule has 0 saturated heterocycles. The second-order valence-electron chi connectivity index (χ2n) is 4.25. The molecule has 0 bridgehead atoms. The molecule has 0 saturated carbocycles. The predicted octanol–water partition coefficient (Wildman–Crippen LogP) is 2.94. The number of rotatable bonds is 5. The summed E-state index contributed by atoms with van der Waals surface area (Å²) < 4.78 is 13.4. The molecule has 1 N–H and O–H groups in total. The number of benzene rings is 2. The maximum Gasteiger partial charge on any atom is 0.250 e. The number of amides is 1. The summed E-state index contributed by atoms with van der Waals surface area (Å²) in [6.07, 6.45) is 1.48. The number of halogens is 1. The van der Waals surface area contributed by atoms with Gasteiger partial charge in [0, 0.05) is 4.90 Å². The Morgan fingerprint density at radius 1 is 1.27 bits per heavy atom. The summed E-state index contributed by atoms with van der Waals surface area (Å²) >= 11 is 1.11. The van der Waals surface area contributed by atoms with Crippen molar-refractivity contribution in [2.45, 2.75) is 4.90 Å². The summed E-state index contributed by atoms with van der Waals surface area (Å²) in [4.78, 5) is 12.0. The van der Waals surface area contributed by atoms with Crippen molar-refractivity contribution in [1.29, 1.82) is 5.26 Å². The van der Waals surface area contributed by atoms with Gasteiger partial charge in [-0.2, -0.15) is 10.4 Å². The van der Waals surface area contributed by atoms with E-state index in [2.05, 4.69) is 10.5 Å². The Bertz CT molecular complexity index is 723. The summed E-state index contributed by atoms with van der Waals surface area (Å²) in [5, 5.41) is 12.5. The molecule has 0 radical (unpaired) electrons. The van der Waals surface area contributed by atoms with E-state index in [-0.39, 0.29) is 17.5 Å². The van der Waals surface area contributed by atoms with Gasteiger partial charge in [0.15, 0.2) is 0 Å². The fourth-order valence-corrected chi connectivity index (χ4v) is 2.29. The zero-order valence-electron chi connectivity index (χ0n) is 11.5. The molecule has 0 fully saturated rings. The molecule has 0 unspecified atom stereocenters. The van der Waals surface area contributed by atoms with Crippen LogP contribution in [0.5, 0.6) is 0 Å². The van der Waals surface area contributed by atoms with E-state index in [4.69, 9.17) is 5.26 Å². The molecular formula is C16H12FN3OS. The molecule has 0 heterocycles. The Kier molecular flexibility index (Phi) is 5.69. The summed E-state index contributed by atoms with van der Waals surface area (Å²) in [5.41, 5.74) is 3.69. The van der Waals surface area contributed by atoms with Crippen LogP contribution in [0.1, 0.15) is 11.1 Å². The molecular weight excluding hydrogens is 301 g/mol. The second kappa shape index (κ2) is 7.96. The molecule has 2 rings (SSSR count). The van der Waals surface area contributed by atoms with Crippen molar-refractivity contribution < 1.29 is 9.18 Å². The topological polar surface area (TPSA) is 65.2 Å². The molecule has 0 aliphatic carbocycles. The van der Waals surface area contributed by atoms with Crippen LogP contribution >= 0.6 is 11.8 Å². The Labute approximate surface area is 131 Å². The standard InChI is InChI=1S/C16H12FN3OS/c17-14-3-1-2-4-15(14)22-11-16(21)20-19-10-13-7-5-12(9-18)6-8-13/h1-8,10H,11H2,(H,20,21)/b19-10-. The highest BCUT2D eigenvalue weighted by Gasteiger charge is 2.05. The van der Waals surface area contributed by atoms with Crippen LogP contribution in [0.4, 0.5) is 4.39 Å². The van der Waals surface area contributed by atoms with Crippen molar-refractivity contribution in [3.63, 3.8) is 0 Å². The van der Waals surface area contributed by atoms with Crippen LogP contribution in [0.2, 0.25) is 0 Å². The second-order valence-corrected chi connectivity index (χ2v) is 5.26. The van der Waals surface area contributed by atoms with Crippen LogP contribution in [0.3, 0.4) is 0 Å². The average molecular weight is 313 g/mol. The Morgan fingerprint density at radius 3 is 2.68 bits per heavy atom. The predicted molar refractivity (Wildman–Crippen MR) is 84.0 cm³/mol. The van der Waals surface area contributed by atoms with Crippen LogP contribution in [-0.4, -0.2) is 17.9 Å². The van der Waals surface area contributed by atoms with Crippen LogP contribution in [-0.2, 0) is 4.79 Å². The first-order chi connectivity index (χ1) is 10.7. The SMILES string of the molecule is N#Cc1ccc(/C=N\NC(=O)CSc2ccccc2F)cc1. The van der Waals surface area contributed by atoms with Crippen molar-refractivity contribution in [3.05, 3.63) is 65.5 Å². The van der Waals surface area contributed by atoms with Gasteiger partial charge < -0.3 is 0 Å². The van der Waals surface area contributed by atoms with Crippen molar-refractivity contribution in [3.8, 4) is 6.07 Å². The highest BCUT2D eigenvalue weighted by molar-refractivity contribution is 8.00. The number of hydrogen-bond donors (Lipinski definition) is 1. The first kappa shape index (κ1) is 15.7. The zero-order chi connectivity index (χ0) is 15.8. The molecule has 22 heavy (non-hydrogen) atoms. The van der Waals surface area contributed by atoms with Crippen LogP contribution in [0, 0.1) is 17.1 Å². The lowest BCUT2D eigenvalue weighted by Gasteiger charge is -2.02. The van der Waals surface area contributed by atoms with Crippen LogP contribution in [0.15, 0.2) is 58.5 Å². The summed E-state index contributed by atoms with van der Waals surface area (Å²) in [6.45, 7) is 0. The Morgan fingerprint density at radius 2 is 2.00 bits per heavy atom. The number of hydrazone groups is 1. The van der Waals surface area contributed by atoms with E-state index >= 15 is 0 Å². The van der Waals surface area contributed by atoms with Gasteiger partial charge in [0.05, 0.1) is 23.6 Å². The molecule has 2 aromatic carbocycles. The third-order valence-electron chi connectivity index (χ3n) is 2.64. The highest BCUT2D eigenvalue weighted by Crippen LogP contribution is 2.20. The average Bonchev–Trinajstić information content (AvgIpc) is 2.55.